The second-order valence-corrected chi connectivity index (χ2v) is 5.95. The number of aryl methyl sites for hydroxylation is 1. The van der Waals surface area contributed by atoms with Crippen LogP contribution in [0.25, 0.3) is 0 Å². The number of imide groups is 1. The van der Waals surface area contributed by atoms with Gasteiger partial charge >= 0.3 is 0 Å². The molecule has 22 heavy (non-hydrogen) atoms. The Morgan fingerprint density at radius 1 is 1.14 bits per heavy atom. The van der Waals surface area contributed by atoms with E-state index in [0.29, 0.717) is 35.6 Å². The smallest absolute Gasteiger partial charge is 0.263 e. The molecule has 7 nitrogen and oxygen atoms in total. The summed E-state index contributed by atoms with van der Waals surface area (Å²) in [5.41, 5.74) is 7.47. The van der Waals surface area contributed by atoms with Gasteiger partial charge < -0.3 is 10.6 Å². The number of nitrogens with zero attached hydrogens (tertiary/aromatic N) is 4. The number of fused-ring (bicyclic) bond motifs is 1. The van der Waals surface area contributed by atoms with Gasteiger partial charge in [-0.1, -0.05) is 0 Å². The first-order chi connectivity index (χ1) is 10.5. The number of hydrogen-bond acceptors (Lipinski definition) is 6. The molecule has 3 heterocycles. The molecule has 0 saturated carbocycles. The van der Waals surface area contributed by atoms with E-state index in [2.05, 4.69) is 21.8 Å². The summed E-state index contributed by atoms with van der Waals surface area (Å²) in [4.78, 5) is 34.8. The molecule has 0 spiro atoms. The largest absolute Gasteiger partial charge is 0.397 e. The Morgan fingerprint density at radius 3 is 2.50 bits per heavy atom. The summed E-state index contributed by atoms with van der Waals surface area (Å²) < 4.78 is 0. The van der Waals surface area contributed by atoms with Gasteiger partial charge in [-0.2, -0.15) is 0 Å². The summed E-state index contributed by atoms with van der Waals surface area (Å²) in [5, 5.41) is 0. The predicted molar refractivity (Wildman–Crippen MR) is 82.7 cm³/mol. The van der Waals surface area contributed by atoms with Gasteiger partial charge in [0.25, 0.3) is 11.8 Å². The maximum absolute atomic E-state index is 12.5. The van der Waals surface area contributed by atoms with Gasteiger partial charge in [0.1, 0.15) is 0 Å². The van der Waals surface area contributed by atoms with E-state index >= 15 is 0 Å². The highest BCUT2D eigenvalue weighted by atomic mass is 16.2. The Balaban J connectivity index is 1.70. The van der Waals surface area contributed by atoms with Crippen LogP contribution >= 0.6 is 0 Å². The zero-order valence-corrected chi connectivity index (χ0v) is 13.0. The summed E-state index contributed by atoms with van der Waals surface area (Å²) in [6.45, 7) is 6.78. The molecule has 118 valence electrons. The molecular weight excluding hydrogens is 282 g/mol. The number of nitrogen functional groups attached to an aromatic ring is 1. The second kappa shape index (κ2) is 5.66. The van der Waals surface area contributed by atoms with E-state index < -0.39 is 0 Å². The van der Waals surface area contributed by atoms with E-state index in [-0.39, 0.29) is 11.8 Å². The Bertz CT molecular complexity index is 623. The lowest BCUT2D eigenvalue weighted by Crippen LogP contribution is -2.47. The Labute approximate surface area is 129 Å². The molecule has 0 atom stereocenters. The number of carbonyl (C=O) groups excluding carboxylic acids is 2. The minimum absolute atomic E-state index is 0.284. The van der Waals surface area contributed by atoms with Crippen molar-refractivity contribution in [3.63, 3.8) is 0 Å². The van der Waals surface area contributed by atoms with Gasteiger partial charge in [-0.25, -0.2) is 0 Å². The van der Waals surface area contributed by atoms with Crippen LogP contribution in [0, 0.1) is 6.92 Å². The number of piperazine rings is 1. The van der Waals surface area contributed by atoms with Crippen molar-refractivity contribution in [2.75, 3.05) is 52.0 Å². The highest BCUT2D eigenvalue weighted by Gasteiger charge is 2.38. The fraction of sp³-hybridized carbons (Fsp3) is 0.533. The van der Waals surface area contributed by atoms with E-state index in [4.69, 9.17) is 5.73 Å². The van der Waals surface area contributed by atoms with Crippen LogP contribution in [0.4, 0.5) is 5.69 Å². The van der Waals surface area contributed by atoms with Crippen LogP contribution in [0.15, 0.2) is 6.20 Å². The van der Waals surface area contributed by atoms with Crippen LogP contribution in [0.1, 0.15) is 26.4 Å². The number of amides is 2. The fourth-order valence-electron chi connectivity index (χ4n) is 2.90. The molecule has 7 heteroatoms. The predicted octanol–water partition coefficient (Wildman–Crippen LogP) is -0.184. The molecule has 1 fully saturated rings. The third kappa shape index (κ3) is 2.46. The van der Waals surface area contributed by atoms with Crippen LogP contribution in [-0.2, 0) is 0 Å². The molecule has 2 N–H and O–H groups in total. The molecule has 1 aromatic rings. The number of likely N-dealkylation sites (N-methyl/N-ethyl adjacent to an activating group) is 1. The zero-order valence-electron chi connectivity index (χ0n) is 13.0. The Morgan fingerprint density at radius 2 is 1.82 bits per heavy atom. The van der Waals surface area contributed by atoms with Gasteiger partial charge in [0.15, 0.2) is 0 Å². The lowest BCUT2D eigenvalue weighted by Gasteiger charge is -2.33. The molecule has 0 bridgehead atoms. The van der Waals surface area contributed by atoms with E-state index in [9.17, 15) is 9.59 Å². The molecule has 3 rings (SSSR count). The molecule has 0 unspecified atom stereocenters. The van der Waals surface area contributed by atoms with Crippen molar-refractivity contribution in [3.8, 4) is 0 Å². The first-order valence-electron chi connectivity index (χ1n) is 7.51. The quantitative estimate of drug-likeness (QED) is 0.780. The maximum atomic E-state index is 12.5. The highest BCUT2D eigenvalue weighted by molar-refractivity contribution is 6.23. The van der Waals surface area contributed by atoms with Crippen molar-refractivity contribution in [1.82, 2.24) is 19.7 Å². The first-order valence-corrected chi connectivity index (χ1v) is 7.51. The third-order valence-corrected chi connectivity index (χ3v) is 4.49. The van der Waals surface area contributed by atoms with Crippen LogP contribution in [-0.4, -0.2) is 77.8 Å². The van der Waals surface area contributed by atoms with Crippen molar-refractivity contribution >= 4 is 17.5 Å². The summed E-state index contributed by atoms with van der Waals surface area (Å²) >= 11 is 0. The minimum Gasteiger partial charge on any atom is -0.397 e. The number of nitrogens with two attached hydrogens (primary N) is 1. The lowest BCUT2D eigenvalue weighted by atomic mass is 10.1. The molecule has 2 aliphatic rings. The molecule has 1 saturated heterocycles. The van der Waals surface area contributed by atoms with Gasteiger partial charge in [-0.15, -0.1) is 0 Å². The van der Waals surface area contributed by atoms with Crippen LogP contribution in [0.3, 0.4) is 0 Å². The lowest BCUT2D eigenvalue weighted by molar-refractivity contribution is 0.0621. The van der Waals surface area contributed by atoms with Gasteiger partial charge in [-0.3, -0.25) is 24.4 Å². The number of pyridine rings is 1. The topological polar surface area (TPSA) is 82.8 Å². The van der Waals surface area contributed by atoms with Crippen LogP contribution in [0.2, 0.25) is 0 Å². The van der Waals surface area contributed by atoms with E-state index in [1.807, 2.05) is 0 Å². The molecule has 2 aliphatic heterocycles. The third-order valence-electron chi connectivity index (χ3n) is 4.49. The number of carbonyl (C=O) groups is 2. The monoisotopic (exact) mass is 303 g/mol. The maximum Gasteiger partial charge on any atom is 0.263 e. The molecule has 0 radical (unpaired) electrons. The number of hydrogen-bond donors (Lipinski definition) is 1. The molecule has 0 aliphatic carbocycles. The fourth-order valence-corrected chi connectivity index (χ4v) is 2.90. The van der Waals surface area contributed by atoms with Crippen molar-refractivity contribution in [3.05, 3.63) is 23.0 Å². The number of anilines is 1. The van der Waals surface area contributed by atoms with Gasteiger partial charge in [0, 0.05) is 45.5 Å². The summed E-state index contributed by atoms with van der Waals surface area (Å²) in [7, 11) is 2.10. The van der Waals surface area contributed by atoms with E-state index in [1.54, 1.807) is 6.92 Å². The normalized spacial score (nSPS) is 19.8. The van der Waals surface area contributed by atoms with E-state index in [1.165, 1.54) is 11.1 Å². The van der Waals surface area contributed by atoms with Crippen molar-refractivity contribution in [2.45, 2.75) is 6.92 Å². The first kappa shape index (κ1) is 14.9. The van der Waals surface area contributed by atoms with Gasteiger partial charge in [0.05, 0.1) is 22.5 Å². The minimum atomic E-state index is -0.294. The molecule has 0 aromatic carbocycles. The van der Waals surface area contributed by atoms with Crippen molar-refractivity contribution in [2.24, 2.45) is 0 Å². The standard InChI is InChI=1S/C15H21N5O2/c1-10-13(16)12-11(9-17-10)14(21)20(15(12)22)8-7-19-5-3-18(2)4-6-19/h9H,3-8,16H2,1-2H3. The molecule has 1 aromatic heterocycles. The Kier molecular flexibility index (Phi) is 3.84. The summed E-state index contributed by atoms with van der Waals surface area (Å²) in [6.07, 6.45) is 1.46. The number of rotatable bonds is 3. The zero-order chi connectivity index (χ0) is 15.9. The van der Waals surface area contributed by atoms with Crippen molar-refractivity contribution < 1.29 is 9.59 Å². The summed E-state index contributed by atoms with van der Waals surface area (Å²) in [6, 6.07) is 0. The Hall–Kier alpha value is -1.99. The van der Waals surface area contributed by atoms with Crippen LogP contribution < -0.4 is 5.73 Å². The van der Waals surface area contributed by atoms with Crippen LogP contribution in [0.5, 0.6) is 0 Å². The van der Waals surface area contributed by atoms with E-state index in [0.717, 1.165) is 26.2 Å². The average Bonchev–Trinajstić information content (AvgIpc) is 2.74. The highest BCUT2D eigenvalue weighted by Crippen LogP contribution is 2.28. The molecule has 2 amide bonds. The van der Waals surface area contributed by atoms with Gasteiger partial charge in [-0.05, 0) is 14.0 Å². The summed E-state index contributed by atoms with van der Waals surface area (Å²) in [5.74, 6) is -0.578. The molecular formula is C15H21N5O2. The van der Waals surface area contributed by atoms with Crippen molar-refractivity contribution in [1.29, 1.82) is 0 Å². The average molecular weight is 303 g/mol. The van der Waals surface area contributed by atoms with Gasteiger partial charge in [0.2, 0.25) is 0 Å². The SMILES string of the molecule is Cc1ncc2c(c1N)C(=O)N(CCN1CCN(C)CC1)C2=O. The number of aromatic nitrogens is 1. The second-order valence-electron chi connectivity index (χ2n) is 5.95.